The first kappa shape index (κ1) is 11.4. The van der Waals surface area contributed by atoms with E-state index in [-0.39, 0.29) is 23.7 Å². The van der Waals surface area contributed by atoms with Crippen LogP contribution >= 0.6 is 0 Å². The van der Waals surface area contributed by atoms with Gasteiger partial charge in [0.25, 0.3) is 0 Å². The lowest BCUT2D eigenvalue weighted by Gasteiger charge is -2.21. The quantitative estimate of drug-likeness (QED) is 0.782. The van der Waals surface area contributed by atoms with Gasteiger partial charge in [0.1, 0.15) is 0 Å². The third kappa shape index (κ3) is 1.82. The SMILES string of the molecule is O=C1C2CCNCC2C(=O)N1Cc1ccccc1. The predicted octanol–water partition coefficient (Wildman–Crippen LogP) is 0.781. The summed E-state index contributed by atoms with van der Waals surface area (Å²) in [6.45, 7) is 1.88. The van der Waals surface area contributed by atoms with Crippen molar-refractivity contribution in [3.63, 3.8) is 0 Å². The summed E-state index contributed by atoms with van der Waals surface area (Å²) in [5, 5.41) is 3.19. The monoisotopic (exact) mass is 244 g/mol. The molecule has 18 heavy (non-hydrogen) atoms. The number of nitrogens with zero attached hydrogens (tertiary/aromatic N) is 1. The van der Waals surface area contributed by atoms with Crippen LogP contribution in [0.4, 0.5) is 0 Å². The second-order valence-electron chi connectivity index (χ2n) is 4.95. The lowest BCUT2D eigenvalue weighted by atomic mass is 9.89. The van der Waals surface area contributed by atoms with E-state index < -0.39 is 0 Å². The van der Waals surface area contributed by atoms with Gasteiger partial charge >= 0.3 is 0 Å². The Morgan fingerprint density at radius 3 is 2.56 bits per heavy atom. The number of benzene rings is 1. The van der Waals surface area contributed by atoms with Crippen LogP contribution in [0.25, 0.3) is 0 Å². The van der Waals surface area contributed by atoms with E-state index in [0.717, 1.165) is 18.5 Å². The topological polar surface area (TPSA) is 49.4 Å². The molecule has 1 aromatic rings. The number of nitrogens with one attached hydrogen (secondary N) is 1. The molecule has 2 aliphatic rings. The van der Waals surface area contributed by atoms with Crippen molar-refractivity contribution in [1.29, 1.82) is 0 Å². The zero-order valence-electron chi connectivity index (χ0n) is 10.1. The number of piperidine rings is 1. The molecule has 3 rings (SSSR count). The minimum atomic E-state index is -0.144. The molecule has 1 aromatic carbocycles. The summed E-state index contributed by atoms with van der Waals surface area (Å²) in [4.78, 5) is 25.9. The number of imide groups is 1. The maximum Gasteiger partial charge on any atom is 0.234 e. The van der Waals surface area contributed by atoms with E-state index >= 15 is 0 Å². The van der Waals surface area contributed by atoms with Gasteiger partial charge in [0.15, 0.2) is 0 Å². The van der Waals surface area contributed by atoms with E-state index in [0.29, 0.717) is 13.1 Å². The first-order chi connectivity index (χ1) is 8.77. The van der Waals surface area contributed by atoms with E-state index in [9.17, 15) is 9.59 Å². The summed E-state index contributed by atoms with van der Waals surface area (Å²) in [6.07, 6.45) is 0.778. The smallest absolute Gasteiger partial charge is 0.234 e. The summed E-state index contributed by atoms with van der Waals surface area (Å²) < 4.78 is 0. The number of amides is 2. The van der Waals surface area contributed by atoms with Crippen LogP contribution in [-0.2, 0) is 16.1 Å². The first-order valence-corrected chi connectivity index (χ1v) is 6.37. The fourth-order valence-corrected chi connectivity index (χ4v) is 2.84. The molecule has 2 aliphatic heterocycles. The van der Waals surface area contributed by atoms with E-state index in [1.54, 1.807) is 0 Å². The van der Waals surface area contributed by atoms with Crippen molar-refractivity contribution in [2.24, 2.45) is 11.8 Å². The van der Waals surface area contributed by atoms with Gasteiger partial charge in [0.2, 0.25) is 11.8 Å². The fourth-order valence-electron chi connectivity index (χ4n) is 2.84. The van der Waals surface area contributed by atoms with Crippen molar-refractivity contribution in [3.8, 4) is 0 Å². The number of fused-ring (bicyclic) bond motifs is 1. The van der Waals surface area contributed by atoms with Gasteiger partial charge in [-0.25, -0.2) is 0 Å². The number of hydrogen-bond acceptors (Lipinski definition) is 3. The van der Waals surface area contributed by atoms with Crippen molar-refractivity contribution in [2.45, 2.75) is 13.0 Å². The highest BCUT2D eigenvalue weighted by Crippen LogP contribution is 2.31. The zero-order chi connectivity index (χ0) is 12.5. The van der Waals surface area contributed by atoms with Crippen molar-refractivity contribution in [3.05, 3.63) is 35.9 Å². The largest absolute Gasteiger partial charge is 0.316 e. The highest BCUT2D eigenvalue weighted by molar-refractivity contribution is 6.05. The Balaban J connectivity index is 1.80. The van der Waals surface area contributed by atoms with Crippen LogP contribution in [0.1, 0.15) is 12.0 Å². The maximum absolute atomic E-state index is 12.2. The molecular weight excluding hydrogens is 228 g/mol. The number of carbonyl (C=O) groups is 2. The van der Waals surface area contributed by atoms with Crippen molar-refractivity contribution in [1.82, 2.24) is 10.2 Å². The van der Waals surface area contributed by atoms with Crippen LogP contribution in [0.5, 0.6) is 0 Å². The van der Waals surface area contributed by atoms with Gasteiger partial charge in [-0.1, -0.05) is 30.3 Å². The molecule has 1 N–H and O–H groups in total. The molecule has 4 heteroatoms. The molecule has 2 unspecified atom stereocenters. The fraction of sp³-hybridized carbons (Fsp3) is 0.429. The molecule has 2 heterocycles. The van der Waals surface area contributed by atoms with Crippen LogP contribution in [-0.4, -0.2) is 29.8 Å². The molecule has 0 spiro atoms. The van der Waals surface area contributed by atoms with Crippen LogP contribution < -0.4 is 5.32 Å². The highest BCUT2D eigenvalue weighted by atomic mass is 16.2. The molecule has 2 saturated heterocycles. The minimum absolute atomic E-state index is 0.00959. The highest BCUT2D eigenvalue weighted by Gasteiger charge is 2.47. The normalized spacial score (nSPS) is 27.4. The van der Waals surface area contributed by atoms with Gasteiger partial charge in [-0.2, -0.15) is 0 Å². The minimum Gasteiger partial charge on any atom is -0.316 e. The van der Waals surface area contributed by atoms with Gasteiger partial charge in [-0.3, -0.25) is 14.5 Å². The molecule has 0 aliphatic carbocycles. The molecule has 0 radical (unpaired) electrons. The average molecular weight is 244 g/mol. The Hall–Kier alpha value is -1.68. The molecule has 0 aromatic heterocycles. The summed E-state index contributed by atoms with van der Waals surface area (Å²) >= 11 is 0. The van der Waals surface area contributed by atoms with E-state index in [1.807, 2.05) is 30.3 Å². The third-order valence-electron chi connectivity index (χ3n) is 3.83. The van der Waals surface area contributed by atoms with Gasteiger partial charge in [-0.05, 0) is 18.5 Å². The Bertz CT molecular complexity index is 448. The second-order valence-corrected chi connectivity index (χ2v) is 4.95. The predicted molar refractivity (Wildman–Crippen MR) is 66.5 cm³/mol. The van der Waals surface area contributed by atoms with Crippen LogP contribution in [0.15, 0.2) is 30.3 Å². The summed E-state index contributed by atoms with van der Waals surface area (Å²) in [6, 6.07) is 9.67. The van der Waals surface area contributed by atoms with Crippen LogP contribution in [0, 0.1) is 11.8 Å². The summed E-state index contributed by atoms with van der Waals surface area (Å²) in [7, 11) is 0. The van der Waals surface area contributed by atoms with Crippen molar-refractivity contribution >= 4 is 11.8 Å². The van der Waals surface area contributed by atoms with Gasteiger partial charge < -0.3 is 5.32 Å². The molecule has 0 saturated carbocycles. The third-order valence-corrected chi connectivity index (χ3v) is 3.83. The van der Waals surface area contributed by atoms with Crippen molar-refractivity contribution in [2.75, 3.05) is 13.1 Å². The Kier molecular flexibility index (Phi) is 2.88. The summed E-state index contributed by atoms with van der Waals surface area (Å²) in [5.41, 5.74) is 1.01. The van der Waals surface area contributed by atoms with Crippen molar-refractivity contribution < 1.29 is 9.59 Å². The second kappa shape index (κ2) is 4.53. The number of likely N-dealkylation sites (tertiary alicyclic amines) is 1. The number of hydrogen-bond donors (Lipinski definition) is 1. The van der Waals surface area contributed by atoms with E-state index in [4.69, 9.17) is 0 Å². The van der Waals surface area contributed by atoms with Crippen LogP contribution in [0.3, 0.4) is 0 Å². The molecule has 4 nitrogen and oxygen atoms in total. The standard InChI is InChI=1S/C14H16N2O2/c17-13-11-6-7-15-8-12(11)14(18)16(13)9-10-4-2-1-3-5-10/h1-5,11-12,15H,6-9H2. The zero-order valence-corrected chi connectivity index (χ0v) is 10.1. The molecular formula is C14H16N2O2. The number of rotatable bonds is 2. The molecule has 2 amide bonds. The molecule has 0 bridgehead atoms. The maximum atomic E-state index is 12.2. The Morgan fingerprint density at radius 2 is 1.83 bits per heavy atom. The summed E-state index contributed by atoms with van der Waals surface area (Å²) in [5.74, 6) is -0.242. The van der Waals surface area contributed by atoms with E-state index in [2.05, 4.69) is 5.32 Å². The average Bonchev–Trinajstić information content (AvgIpc) is 2.66. The first-order valence-electron chi connectivity index (χ1n) is 6.37. The van der Waals surface area contributed by atoms with E-state index in [1.165, 1.54) is 4.90 Å². The van der Waals surface area contributed by atoms with Gasteiger partial charge in [0.05, 0.1) is 18.4 Å². The Labute approximate surface area is 106 Å². The lowest BCUT2D eigenvalue weighted by molar-refractivity contribution is -0.140. The molecule has 2 atom stereocenters. The van der Waals surface area contributed by atoms with Crippen LogP contribution in [0.2, 0.25) is 0 Å². The molecule has 2 fully saturated rings. The molecule has 94 valence electrons. The number of carbonyl (C=O) groups excluding carboxylic acids is 2. The van der Waals surface area contributed by atoms with Gasteiger partial charge in [-0.15, -0.1) is 0 Å². The van der Waals surface area contributed by atoms with Gasteiger partial charge in [0, 0.05) is 6.54 Å². The Morgan fingerprint density at radius 1 is 1.11 bits per heavy atom. The lowest BCUT2D eigenvalue weighted by Crippen LogP contribution is -2.38.